The molecule has 0 bridgehead atoms. The van der Waals surface area contributed by atoms with E-state index in [0.717, 1.165) is 16.7 Å². The third-order valence-corrected chi connectivity index (χ3v) is 5.10. The molecule has 0 atom stereocenters. The van der Waals surface area contributed by atoms with Crippen LogP contribution >= 0.6 is 0 Å². The summed E-state index contributed by atoms with van der Waals surface area (Å²) in [5.74, 6) is -0.829. The van der Waals surface area contributed by atoms with Crippen LogP contribution in [0.3, 0.4) is 0 Å². The number of halogens is 3. The summed E-state index contributed by atoms with van der Waals surface area (Å²) in [6, 6.07) is 23.1. The van der Waals surface area contributed by atoms with Gasteiger partial charge in [0.05, 0.1) is 5.52 Å². The molecule has 0 N–H and O–H groups in total. The first-order chi connectivity index (χ1) is 14.8. The first-order valence-electron chi connectivity index (χ1n) is 10.0. The molecule has 0 aliphatic rings. The van der Waals surface area contributed by atoms with E-state index in [1.807, 2.05) is 84.6 Å². The van der Waals surface area contributed by atoms with Crippen LogP contribution in [0, 0.1) is 13.8 Å². The van der Waals surface area contributed by atoms with Crippen molar-refractivity contribution in [3.8, 4) is 0 Å². The second kappa shape index (κ2) is 8.38. The van der Waals surface area contributed by atoms with Crippen LogP contribution in [0.4, 0.5) is 19.0 Å². The van der Waals surface area contributed by atoms with Crippen molar-refractivity contribution >= 4 is 16.7 Å². The summed E-state index contributed by atoms with van der Waals surface area (Å²) in [5, 5.41) is 0.623. The van der Waals surface area contributed by atoms with Gasteiger partial charge in [-0.2, -0.15) is 13.2 Å². The molecule has 3 nitrogen and oxygen atoms in total. The molecule has 1 heterocycles. The smallest absolute Gasteiger partial charge is 0.347 e. The number of hydrogen-bond donors (Lipinski definition) is 0. The average molecular weight is 421 g/mol. The van der Waals surface area contributed by atoms with Crippen molar-refractivity contribution in [2.45, 2.75) is 33.1 Å². The third kappa shape index (κ3) is 4.68. The van der Waals surface area contributed by atoms with E-state index in [2.05, 4.69) is 9.97 Å². The maximum Gasteiger partial charge on any atom is 0.451 e. The highest BCUT2D eigenvalue weighted by Gasteiger charge is 2.36. The van der Waals surface area contributed by atoms with Crippen LogP contribution in [0.15, 0.2) is 72.8 Å². The van der Waals surface area contributed by atoms with Crippen molar-refractivity contribution in [3.05, 3.63) is 101 Å². The van der Waals surface area contributed by atoms with Gasteiger partial charge in [0, 0.05) is 18.5 Å². The lowest BCUT2D eigenvalue weighted by Crippen LogP contribution is -2.25. The molecule has 3 aromatic carbocycles. The Hall–Kier alpha value is -3.41. The Bertz CT molecular complexity index is 1150. The lowest BCUT2D eigenvalue weighted by atomic mass is 10.1. The highest BCUT2D eigenvalue weighted by atomic mass is 19.4. The molecule has 4 rings (SSSR count). The lowest BCUT2D eigenvalue weighted by molar-refractivity contribution is -0.144. The van der Waals surface area contributed by atoms with Gasteiger partial charge in [0.15, 0.2) is 0 Å². The molecular weight excluding hydrogens is 399 g/mol. The number of fused-ring (bicyclic) bond motifs is 1. The molecule has 4 aromatic rings. The van der Waals surface area contributed by atoms with E-state index in [-0.39, 0.29) is 5.82 Å². The normalized spacial score (nSPS) is 11.6. The Morgan fingerprint density at radius 1 is 0.774 bits per heavy atom. The van der Waals surface area contributed by atoms with Gasteiger partial charge in [0.25, 0.3) is 0 Å². The molecule has 0 saturated carbocycles. The number of alkyl halides is 3. The van der Waals surface area contributed by atoms with E-state index in [1.165, 1.54) is 0 Å². The molecule has 158 valence electrons. The van der Waals surface area contributed by atoms with Gasteiger partial charge in [-0.15, -0.1) is 0 Å². The van der Waals surface area contributed by atoms with E-state index in [0.29, 0.717) is 29.6 Å². The predicted molar refractivity (Wildman–Crippen MR) is 117 cm³/mol. The third-order valence-electron chi connectivity index (χ3n) is 5.10. The first-order valence-corrected chi connectivity index (χ1v) is 10.0. The van der Waals surface area contributed by atoms with Gasteiger partial charge < -0.3 is 4.90 Å². The van der Waals surface area contributed by atoms with E-state index in [9.17, 15) is 13.2 Å². The second-order valence-electron chi connectivity index (χ2n) is 7.67. The molecule has 0 unspecified atom stereocenters. The van der Waals surface area contributed by atoms with Crippen molar-refractivity contribution in [1.29, 1.82) is 0 Å². The van der Waals surface area contributed by atoms with Gasteiger partial charge >= 0.3 is 6.18 Å². The second-order valence-corrected chi connectivity index (χ2v) is 7.67. The fraction of sp³-hybridized carbons (Fsp3) is 0.200. The molecule has 0 saturated heterocycles. The zero-order chi connectivity index (χ0) is 22.0. The van der Waals surface area contributed by atoms with Crippen LogP contribution in [0.5, 0.6) is 0 Å². The number of anilines is 1. The summed E-state index contributed by atoms with van der Waals surface area (Å²) in [6.07, 6.45) is -4.63. The van der Waals surface area contributed by atoms with Crippen molar-refractivity contribution in [2.24, 2.45) is 0 Å². The highest BCUT2D eigenvalue weighted by Crippen LogP contribution is 2.34. The molecule has 0 aliphatic heterocycles. The molecule has 0 fully saturated rings. The van der Waals surface area contributed by atoms with Crippen molar-refractivity contribution in [1.82, 2.24) is 9.97 Å². The minimum Gasteiger partial charge on any atom is -0.347 e. The lowest BCUT2D eigenvalue weighted by Gasteiger charge is -2.26. The SMILES string of the molecule is Cc1cc(C)c2nc(C(F)(F)F)nc(N(Cc3ccccc3)Cc3ccccc3)c2c1. The van der Waals surface area contributed by atoms with Crippen molar-refractivity contribution in [3.63, 3.8) is 0 Å². The molecule has 1 aromatic heterocycles. The minimum absolute atomic E-state index is 0.289. The summed E-state index contributed by atoms with van der Waals surface area (Å²) in [7, 11) is 0. The van der Waals surface area contributed by atoms with Crippen LogP contribution in [0.2, 0.25) is 0 Å². The Labute approximate surface area is 179 Å². The zero-order valence-electron chi connectivity index (χ0n) is 17.3. The standard InChI is InChI=1S/C25H22F3N3/c1-17-13-18(2)22-21(14-17)23(30-24(29-22)25(26,27)28)31(15-19-9-5-3-6-10-19)16-20-11-7-4-8-12-20/h3-14H,15-16H2,1-2H3. The van der Waals surface area contributed by atoms with Gasteiger partial charge in [0.2, 0.25) is 5.82 Å². The molecule has 0 spiro atoms. The average Bonchev–Trinajstić information content (AvgIpc) is 2.73. The molecule has 31 heavy (non-hydrogen) atoms. The van der Waals surface area contributed by atoms with E-state index < -0.39 is 12.0 Å². The van der Waals surface area contributed by atoms with Gasteiger partial charge in [-0.05, 0) is 42.2 Å². The van der Waals surface area contributed by atoms with Crippen LogP contribution in [-0.2, 0) is 19.3 Å². The van der Waals surface area contributed by atoms with E-state index in [4.69, 9.17) is 0 Å². The fourth-order valence-corrected chi connectivity index (χ4v) is 3.75. The number of rotatable bonds is 5. The number of nitrogens with zero attached hydrogens (tertiary/aromatic N) is 3. The Morgan fingerprint density at radius 3 is 1.84 bits per heavy atom. The van der Waals surface area contributed by atoms with Crippen LogP contribution in [0.1, 0.15) is 28.1 Å². The van der Waals surface area contributed by atoms with Gasteiger partial charge in [-0.3, -0.25) is 0 Å². The van der Waals surface area contributed by atoms with Crippen LogP contribution < -0.4 is 4.90 Å². The molecule has 6 heteroatoms. The van der Waals surface area contributed by atoms with Gasteiger partial charge in [0.1, 0.15) is 5.82 Å². The maximum atomic E-state index is 13.7. The Morgan fingerprint density at radius 2 is 1.32 bits per heavy atom. The van der Waals surface area contributed by atoms with Crippen LogP contribution in [-0.4, -0.2) is 9.97 Å². The van der Waals surface area contributed by atoms with E-state index in [1.54, 1.807) is 6.92 Å². The summed E-state index contributed by atoms with van der Waals surface area (Å²) in [5.41, 5.74) is 3.96. The summed E-state index contributed by atoms with van der Waals surface area (Å²) >= 11 is 0. The van der Waals surface area contributed by atoms with Gasteiger partial charge in [-0.1, -0.05) is 66.7 Å². The largest absolute Gasteiger partial charge is 0.451 e. The number of benzene rings is 3. The summed E-state index contributed by atoms with van der Waals surface area (Å²) in [4.78, 5) is 9.81. The summed E-state index contributed by atoms with van der Waals surface area (Å²) < 4.78 is 41.0. The highest BCUT2D eigenvalue weighted by molar-refractivity contribution is 5.92. The minimum atomic E-state index is -4.63. The number of hydrogen-bond acceptors (Lipinski definition) is 3. The molecule has 0 amide bonds. The number of aryl methyl sites for hydroxylation is 2. The Kier molecular flexibility index (Phi) is 5.63. The molecular formula is C25H22F3N3. The van der Waals surface area contributed by atoms with Crippen molar-refractivity contribution < 1.29 is 13.2 Å². The van der Waals surface area contributed by atoms with E-state index >= 15 is 0 Å². The topological polar surface area (TPSA) is 29.0 Å². The van der Waals surface area contributed by atoms with Gasteiger partial charge in [-0.25, -0.2) is 9.97 Å². The number of aromatic nitrogens is 2. The zero-order valence-corrected chi connectivity index (χ0v) is 17.3. The Balaban J connectivity index is 1.92. The molecule has 0 aliphatic carbocycles. The fourth-order valence-electron chi connectivity index (χ4n) is 3.75. The summed E-state index contributed by atoms with van der Waals surface area (Å²) in [6.45, 7) is 4.55. The maximum absolute atomic E-state index is 13.7. The molecule has 0 radical (unpaired) electrons. The monoisotopic (exact) mass is 421 g/mol. The first kappa shape index (κ1) is 20.8. The quantitative estimate of drug-likeness (QED) is 0.370. The van der Waals surface area contributed by atoms with Crippen LogP contribution in [0.25, 0.3) is 10.9 Å². The van der Waals surface area contributed by atoms with Crippen molar-refractivity contribution in [2.75, 3.05) is 4.90 Å². The predicted octanol–water partition coefficient (Wildman–Crippen LogP) is 6.47.